The van der Waals surface area contributed by atoms with Gasteiger partial charge in [-0.25, -0.2) is 9.97 Å². The van der Waals surface area contributed by atoms with Crippen molar-refractivity contribution in [2.24, 2.45) is 0 Å². The Labute approximate surface area is 73.2 Å². The number of nitrogens with two attached hydrogens (primary N) is 1. The maximum atomic E-state index is 5.58. The summed E-state index contributed by atoms with van der Waals surface area (Å²) in [5.41, 5.74) is 6.62. The summed E-state index contributed by atoms with van der Waals surface area (Å²) in [4.78, 5) is 7.88. The van der Waals surface area contributed by atoms with Crippen molar-refractivity contribution in [1.29, 1.82) is 0 Å². The number of rotatable bonds is 1. The first kappa shape index (κ1) is 7.71. The molecular formula is C6H8IN3. The lowest BCUT2D eigenvalue weighted by molar-refractivity contribution is 1.03. The van der Waals surface area contributed by atoms with Crippen LogP contribution in [0, 0.1) is 3.70 Å². The van der Waals surface area contributed by atoms with Gasteiger partial charge in [0.2, 0.25) is 0 Å². The van der Waals surface area contributed by atoms with Crippen LogP contribution in [0.2, 0.25) is 0 Å². The minimum absolute atomic E-state index is 0.599. The summed E-state index contributed by atoms with van der Waals surface area (Å²) in [6, 6.07) is 0. The first-order valence-electron chi connectivity index (χ1n) is 3.00. The molecule has 1 rings (SSSR count). The molecule has 1 aromatic heterocycles. The topological polar surface area (TPSA) is 51.8 Å². The molecule has 0 bridgehead atoms. The van der Waals surface area contributed by atoms with Crippen molar-refractivity contribution < 1.29 is 0 Å². The molecule has 3 nitrogen and oxygen atoms in total. The fourth-order valence-electron chi connectivity index (χ4n) is 0.730. The van der Waals surface area contributed by atoms with Gasteiger partial charge in [-0.05, 0) is 29.0 Å². The maximum Gasteiger partial charge on any atom is 0.131 e. The predicted octanol–water partition coefficient (Wildman–Crippen LogP) is 1.23. The molecule has 0 radical (unpaired) electrons. The minimum atomic E-state index is 0.599. The number of nitrogens with zero attached hydrogens (tertiary/aromatic N) is 2. The van der Waals surface area contributed by atoms with Gasteiger partial charge in [0.25, 0.3) is 0 Å². The minimum Gasteiger partial charge on any atom is -0.383 e. The van der Waals surface area contributed by atoms with E-state index in [0.717, 1.165) is 15.7 Å². The van der Waals surface area contributed by atoms with Gasteiger partial charge in [-0.3, -0.25) is 0 Å². The average Bonchev–Trinajstić information content (AvgIpc) is 1.88. The highest BCUT2D eigenvalue weighted by atomic mass is 127. The van der Waals surface area contributed by atoms with Crippen LogP contribution in [-0.2, 0) is 6.42 Å². The molecule has 0 aliphatic carbocycles. The number of hydrogen-bond acceptors (Lipinski definition) is 3. The maximum absolute atomic E-state index is 5.58. The number of anilines is 1. The molecule has 0 unspecified atom stereocenters. The normalized spacial score (nSPS) is 9.80. The summed E-state index contributed by atoms with van der Waals surface area (Å²) in [5, 5.41) is 0. The summed E-state index contributed by atoms with van der Waals surface area (Å²) in [5.74, 6) is 0.599. The van der Waals surface area contributed by atoms with Gasteiger partial charge in [-0.2, -0.15) is 0 Å². The Balaban J connectivity index is 3.17. The summed E-state index contributed by atoms with van der Waals surface area (Å²) in [7, 11) is 0. The second-order valence-electron chi connectivity index (χ2n) is 1.88. The molecule has 0 amide bonds. The van der Waals surface area contributed by atoms with Crippen LogP contribution in [0.1, 0.15) is 12.5 Å². The summed E-state index contributed by atoms with van der Waals surface area (Å²) >= 11 is 2.15. The quantitative estimate of drug-likeness (QED) is 0.601. The van der Waals surface area contributed by atoms with Crippen LogP contribution in [0.15, 0.2) is 6.33 Å². The summed E-state index contributed by atoms with van der Waals surface area (Å²) < 4.78 is 0.951. The van der Waals surface area contributed by atoms with Gasteiger partial charge >= 0.3 is 0 Å². The van der Waals surface area contributed by atoms with Gasteiger partial charge in [0.1, 0.15) is 15.8 Å². The molecule has 0 aliphatic rings. The average molecular weight is 249 g/mol. The van der Waals surface area contributed by atoms with E-state index < -0.39 is 0 Å². The molecule has 54 valence electrons. The highest BCUT2D eigenvalue weighted by Gasteiger charge is 2.01. The Morgan fingerprint density at radius 3 is 2.70 bits per heavy atom. The van der Waals surface area contributed by atoms with Crippen molar-refractivity contribution in [2.45, 2.75) is 13.3 Å². The van der Waals surface area contributed by atoms with Crippen molar-refractivity contribution >= 4 is 28.4 Å². The number of aromatic nitrogens is 2. The zero-order valence-electron chi connectivity index (χ0n) is 5.63. The molecule has 0 spiro atoms. The Hall–Kier alpha value is -0.390. The van der Waals surface area contributed by atoms with Crippen LogP contribution >= 0.6 is 22.6 Å². The van der Waals surface area contributed by atoms with E-state index >= 15 is 0 Å². The SMILES string of the molecule is CCc1c(N)ncnc1I. The molecule has 0 saturated carbocycles. The Morgan fingerprint density at radius 2 is 2.30 bits per heavy atom. The molecule has 1 heterocycles. The van der Waals surface area contributed by atoms with Crippen molar-refractivity contribution in [2.75, 3.05) is 5.73 Å². The third kappa shape index (κ3) is 1.36. The molecule has 2 N–H and O–H groups in total. The van der Waals surface area contributed by atoms with Crippen molar-refractivity contribution in [3.63, 3.8) is 0 Å². The third-order valence-corrected chi connectivity index (χ3v) is 2.21. The molecule has 0 fully saturated rings. The van der Waals surface area contributed by atoms with E-state index in [9.17, 15) is 0 Å². The first-order valence-corrected chi connectivity index (χ1v) is 4.08. The van der Waals surface area contributed by atoms with Crippen LogP contribution in [0.4, 0.5) is 5.82 Å². The lowest BCUT2D eigenvalue weighted by Gasteiger charge is -2.00. The number of hydrogen-bond donors (Lipinski definition) is 1. The van der Waals surface area contributed by atoms with Gasteiger partial charge in [0.05, 0.1) is 0 Å². The molecule has 4 heteroatoms. The molecule has 0 aromatic carbocycles. The highest BCUT2D eigenvalue weighted by molar-refractivity contribution is 14.1. The summed E-state index contributed by atoms with van der Waals surface area (Å²) in [6.07, 6.45) is 2.38. The third-order valence-electron chi connectivity index (χ3n) is 1.28. The van der Waals surface area contributed by atoms with E-state index in [0.29, 0.717) is 5.82 Å². The first-order chi connectivity index (χ1) is 4.75. The van der Waals surface area contributed by atoms with Crippen LogP contribution in [0.5, 0.6) is 0 Å². The zero-order chi connectivity index (χ0) is 7.56. The van der Waals surface area contributed by atoms with Crippen LogP contribution in [0.3, 0.4) is 0 Å². The van der Waals surface area contributed by atoms with E-state index in [4.69, 9.17) is 5.73 Å². The van der Waals surface area contributed by atoms with Gasteiger partial charge in [-0.15, -0.1) is 0 Å². The van der Waals surface area contributed by atoms with E-state index in [2.05, 4.69) is 32.6 Å². The molecule has 0 saturated heterocycles. The van der Waals surface area contributed by atoms with Crippen LogP contribution < -0.4 is 5.73 Å². The second kappa shape index (κ2) is 3.14. The summed E-state index contributed by atoms with van der Waals surface area (Å²) in [6.45, 7) is 2.04. The van der Waals surface area contributed by atoms with Crippen LogP contribution in [-0.4, -0.2) is 9.97 Å². The van der Waals surface area contributed by atoms with Crippen molar-refractivity contribution in [3.8, 4) is 0 Å². The predicted molar refractivity (Wildman–Crippen MR) is 48.5 cm³/mol. The molecule has 0 aliphatic heterocycles. The molecular weight excluding hydrogens is 241 g/mol. The fourth-order valence-corrected chi connectivity index (χ4v) is 1.51. The lowest BCUT2D eigenvalue weighted by Crippen LogP contribution is -2.00. The van der Waals surface area contributed by atoms with E-state index in [1.54, 1.807) is 0 Å². The van der Waals surface area contributed by atoms with Crippen molar-refractivity contribution in [3.05, 3.63) is 15.6 Å². The molecule has 10 heavy (non-hydrogen) atoms. The fraction of sp³-hybridized carbons (Fsp3) is 0.333. The number of halogens is 1. The lowest BCUT2D eigenvalue weighted by atomic mass is 10.2. The van der Waals surface area contributed by atoms with Gasteiger partial charge in [-0.1, -0.05) is 6.92 Å². The molecule has 1 aromatic rings. The van der Waals surface area contributed by atoms with E-state index in [-0.39, 0.29) is 0 Å². The second-order valence-corrected chi connectivity index (χ2v) is 2.90. The number of nitrogen functional groups attached to an aromatic ring is 1. The Morgan fingerprint density at radius 1 is 1.60 bits per heavy atom. The monoisotopic (exact) mass is 249 g/mol. The largest absolute Gasteiger partial charge is 0.383 e. The highest BCUT2D eigenvalue weighted by Crippen LogP contribution is 2.13. The molecule has 0 atom stereocenters. The van der Waals surface area contributed by atoms with Crippen LogP contribution in [0.25, 0.3) is 0 Å². The Bertz CT molecular complexity index is 216. The van der Waals surface area contributed by atoms with Gasteiger partial charge in [0, 0.05) is 5.56 Å². The smallest absolute Gasteiger partial charge is 0.131 e. The zero-order valence-corrected chi connectivity index (χ0v) is 7.79. The van der Waals surface area contributed by atoms with E-state index in [1.807, 2.05) is 6.92 Å². The van der Waals surface area contributed by atoms with Gasteiger partial charge in [0.15, 0.2) is 0 Å². The standard InChI is InChI=1S/C6H8IN3/c1-2-4-5(7)9-3-10-6(4)8/h3H,2H2,1H3,(H2,8,9,10). The van der Waals surface area contributed by atoms with E-state index in [1.165, 1.54) is 6.33 Å². The Kier molecular flexibility index (Phi) is 2.42. The van der Waals surface area contributed by atoms with Crippen molar-refractivity contribution in [1.82, 2.24) is 9.97 Å². The van der Waals surface area contributed by atoms with Gasteiger partial charge < -0.3 is 5.73 Å².